The van der Waals surface area contributed by atoms with E-state index in [1.807, 2.05) is 41.3 Å². The number of hydrogen-bond acceptors (Lipinski definition) is 3. The fourth-order valence-corrected chi connectivity index (χ4v) is 4.59. The van der Waals surface area contributed by atoms with Gasteiger partial charge in [0.25, 0.3) is 0 Å². The van der Waals surface area contributed by atoms with Gasteiger partial charge in [0.1, 0.15) is 0 Å². The summed E-state index contributed by atoms with van der Waals surface area (Å²) in [5, 5.41) is 0. The van der Waals surface area contributed by atoms with E-state index in [1.165, 1.54) is 11.1 Å². The van der Waals surface area contributed by atoms with Gasteiger partial charge in [0, 0.05) is 31.7 Å². The van der Waals surface area contributed by atoms with E-state index in [0.29, 0.717) is 32.1 Å². The fraction of sp³-hybridized carbons (Fsp3) is 0.462. The highest BCUT2D eigenvalue weighted by Crippen LogP contribution is 2.29. The Morgan fingerprint density at radius 3 is 2.65 bits per heavy atom. The van der Waals surface area contributed by atoms with Crippen molar-refractivity contribution in [1.29, 1.82) is 0 Å². The van der Waals surface area contributed by atoms with Gasteiger partial charge in [-0.05, 0) is 61.4 Å². The highest BCUT2D eigenvalue weighted by Gasteiger charge is 2.38. The van der Waals surface area contributed by atoms with Crippen LogP contribution in [0.25, 0.3) is 0 Å². The Morgan fingerprint density at radius 2 is 1.87 bits per heavy atom. The molecule has 4 rings (SSSR count). The molecule has 0 saturated carbocycles. The maximum atomic E-state index is 13.2. The fourth-order valence-electron chi connectivity index (χ4n) is 4.59. The van der Waals surface area contributed by atoms with E-state index in [-0.39, 0.29) is 17.7 Å². The zero-order valence-electron chi connectivity index (χ0n) is 18.5. The lowest BCUT2D eigenvalue weighted by molar-refractivity contribution is -0.138. The van der Waals surface area contributed by atoms with Gasteiger partial charge in [0.15, 0.2) is 0 Å². The Balaban J connectivity index is 1.31. The lowest BCUT2D eigenvalue weighted by atomic mass is 9.97. The van der Waals surface area contributed by atoms with Gasteiger partial charge in [-0.15, -0.1) is 0 Å². The molecule has 2 aliphatic heterocycles. The van der Waals surface area contributed by atoms with Crippen molar-refractivity contribution in [1.82, 2.24) is 4.90 Å². The monoisotopic (exact) mass is 420 g/mol. The van der Waals surface area contributed by atoms with Gasteiger partial charge in [-0.3, -0.25) is 9.59 Å². The molecule has 2 saturated heterocycles. The van der Waals surface area contributed by atoms with Gasteiger partial charge in [0.2, 0.25) is 11.8 Å². The van der Waals surface area contributed by atoms with Crippen molar-refractivity contribution in [2.24, 2.45) is 11.8 Å². The first-order chi connectivity index (χ1) is 15.0. The molecule has 164 valence electrons. The van der Waals surface area contributed by atoms with E-state index >= 15 is 0 Å². The van der Waals surface area contributed by atoms with Crippen molar-refractivity contribution in [3.8, 4) is 0 Å². The maximum absolute atomic E-state index is 13.2. The van der Waals surface area contributed by atoms with E-state index in [0.717, 1.165) is 37.2 Å². The highest BCUT2D eigenvalue weighted by molar-refractivity contribution is 6.00. The summed E-state index contributed by atoms with van der Waals surface area (Å²) in [7, 11) is 0. The van der Waals surface area contributed by atoms with Crippen molar-refractivity contribution in [2.45, 2.75) is 39.7 Å². The van der Waals surface area contributed by atoms with Gasteiger partial charge < -0.3 is 14.5 Å². The number of anilines is 1. The number of piperidine rings is 1. The van der Waals surface area contributed by atoms with Crippen LogP contribution in [0.3, 0.4) is 0 Å². The number of carbonyl (C=O) groups excluding carboxylic acids is 2. The molecule has 2 aliphatic rings. The van der Waals surface area contributed by atoms with E-state index in [2.05, 4.69) is 26.0 Å². The molecule has 0 aliphatic carbocycles. The van der Waals surface area contributed by atoms with Gasteiger partial charge in [-0.2, -0.15) is 0 Å². The second kappa shape index (κ2) is 9.65. The first-order valence-electron chi connectivity index (χ1n) is 11.3. The summed E-state index contributed by atoms with van der Waals surface area (Å²) in [5.41, 5.74) is 4.43. The van der Waals surface area contributed by atoms with Crippen molar-refractivity contribution in [2.75, 3.05) is 31.1 Å². The summed E-state index contributed by atoms with van der Waals surface area (Å²) in [6.45, 7) is 7.36. The van der Waals surface area contributed by atoms with Crippen LogP contribution >= 0.6 is 0 Å². The van der Waals surface area contributed by atoms with E-state index in [1.54, 1.807) is 4.90 Å². The number of aryl methyl sites for hydroxylation is 2. The Morgan fingerprint density at radius 1 is 1.06 bits per heavy atom. The van der Waals surface area contributed by atoms with Crippen LogP contribution in [0.5, 0.6) is 0 Å². The average molecular weight is 421 g/mol. The lowest BCUT2D eigenvalue weighted by Gasteiger charge is -2.34. The van der Waals surface area contributed by atoms with Crippen LogP contribution in [0.1, 0.15) is 36.0 Å². The molecule has 2 unspecified atom stereocenters. The number of amides is 2. The number of nitrogens with zero attached hydrogens (tertiary/aromatic N) is 2. The Bertz CT molecular complexity index is 928. The van der Waals surface area contributed by atoms with Gasteiger partial charge >= 0.3 is 0 Å². The molecule has 2 amide bonds. The molecular weight excluding hydrogens is 388 g/mol. The van der Waals surface area contributed by atoms with Crippen LogP contribution < -0.4 is 4.90 Å². The molecule has 0 N–H and O–H groups in total. The molecule has 5 heteroatoms. The van der Waals surface area contributed by atoms with Gasteiger partial charge in [-0.25, -0.2) is 0 Å². The van der Waals surface area contributed by atoms with Crippen LogP contribution in [0.4, 0.5) is 5.69 Å². The molecular formula is C26H32N2O3. The van der Waals surface area contributed by atoms with E-state index in [9.17, 15) is 9.59 Å². The summed E-state index contributed by atoms with van der Waals surface area (Å²) in [6.07, 6.45) is 2.38. The quantitative estimate of drug-likeness (QED) is 0.707. The molecule has 0 bridgehead atoms. The number of benzene rings is 2. The molecule has 2 aromatic carbocycles. The third-order valence-corrected chi connectivity index (χ3v) is 6.57. The first-order valence-corrected chi connectivity index (χ1v) is 11.3. The highest BCUT2D eigenvalue weighted by atomic mass is 16.5. The van der Waals surface area contributed by atoms with Gasteiger partial charge in [-0.1, -0.05) is 36.4 Å². The predicted octanol–water partition coefficient (Wildman–Crippen LogP) is 4.11. The molecule has 0 spiro atoms. The summed E-state index contributed by atoms with van der Waals surface area (Å²) in [6, 6.07) is 16.2. The van der Waals surface area contributed by atoms with Crippen LogP contribution in [0.15, 0.2) is 48.5 Å². The third kappa shape index (κ3) is 5.16. The van der Waals surface area contributed by atoms with Crippen LogP contribution in [0, 0.1) is 25.7 Å². The second-order valence-corrected chi connectivity index (χ2v) is 8.97. The number of rotatable bonds is 6. The summed E-state index contributed by atoms with van der Waals surface area (Å²) >= 11 is 0. The molecule has 0 radical (unpaired) electrons. The topological polar surface area (TPSA) is 49.9 Å². The number of likely N-dealkylation sites (tertiary alicyclic amines) is 1. The lowest BCUT2D eigenvalue weighted by Crippen LogP contribution is -2.44. The third-order valence-electron chi connectivity index (χ3n) is 6.57. The molecule has 2 heterocycles. The first kappa shape index (κ1) is 21.6. The largest absolute Gasteiger partial charge is 0.376 e. The van der Waals surface area contributed by atoms with Crippen LogP contribution in [0.2, 0.25) is 0 Å². The van der Waals surface area contributed by atoms with Crippen molar-refractivity contribution in [3.63, 3.8) is 0 Å². The van der Waals surface area contributed by atoms with Crippen molar-refractivity contribution >= 4 is 17.5 Å². The molecule has 5 nitrogen and oxygen atoms in total. The zero-order chi connectivity index (χ0) is 21.8. The number of carbonyl (C=O) groups is 2. The normalized spacial score (nSPS) is 21.5. The minimum Gasteiger partial charge on any atom is -0.376 e. The predicted molar refractivity (Wildman–Crippen MR) is 122 cm³/mol. The minimum atomic E-state index is -0.252. The zero-order valence-corrected chi connectivity index (χ0v) is 18.5. The van der Waals surface area contributed by atoms with Crippen molar-refractivity contribution in [3.05, 3.63) is 65.2 Å². The molecule has 2 aromatic rings. The molecule has 31 heavy (non-hydrogen) atoms. The van der Waals surface area contributed by atoms with Crippen molar-refractivity contribution < 1.29 is 14.3 Å². The molecule has 0 aromatic heterocycles. The smallest absolute Gasteiger partial charge is 0.228 e. The summed E-state index contributed by atoms with van der Waals surface area (Å²) in [5.74, 6) is 0.265. The van der Waals surface area contributed by atoms with Crippen LogP contribution in [-0.2, 0) is 20.9 Å². The Labute approximate surface area is 185 Å². The average Bonchev–Trinajstić information content (AvgIpc) is 3.18. The summed E-state index contributed by atoms with van der Waals surface area (Å²) in [4.78, 5) is 29.6. The van der Waals surface area contributed by atoms with Crippen LogP contribution in [-0.4, -0.2) is 43.0 Å². The summed E-state index contributed by atoms with van der Waals surface area (Å²) < 4.78 is 5.93. The Hall–Kier alpha value is -2.66. The van der Waals surface area contributed by atoms with E-state index < -0.39 is 0 Å². The van der Waals surface area contributed by atoms with E-state index in [4.69, 9.17) is 4.74 Å². The SMILES string of the molecule is Cc1ccc(N2CC(C(=O)N3CCCC(COCc4ccccc4)C3)CC2=O)cc1C. The number of ether oxygens (including phenoxy) is 1. The minimum absolute atomic E-state index is 0.0429. The Kier molecular flexibility index (Phi) is 6.71. The second-order valence-electron chi connectivity index (χ2n) is 8.97. The standard InChI is InChI=1S/C26H32N2O3/c1-19-10-11-24(13-20(19)2)28-16-23(14-25(28)29)26(30)27-12-6-9-22(15-27)18-31-17-21-7-4-3-5-8-21/h3-5,7-8,10-11,13,22-23H,6,9,12,14-18H2,1-2H3. The molecule has 2 atom stereocenters. The van der Waals surface area contributed by atoms with Gasteiger partial charge in [0.05, 0.1) is 19.1 Å². The maximum Gasteiger partial charge on any atom is 0.228 e. The molecule has 2 fully saturated rings. The number of hydrogen-bond donors (Lipinski definition) is 0.